The Hall–Kier alpha value is -6.00. The van der Waals surface area contributed by atoms with E-state index in [1.807, 2.05) is 18.2 Å². The van der Waals surface area contributed by atoms with Crippen LogP contribution < -0.4 is 31.9 Å². The van der Waals surface area contributed by atoms with Crippen molar-refractivity contribution in [3.05, 3.63) is 71.8 Å². The molecule has 0 aromatic heterocycles. The second kappa shape index (κ2) is 22.8. The molecule has 0 unspecified atom stereocenters. The van der Waals surface area contributed by atoms with Gasteiger partial charge in [-0.1, -0.05) is 88.4 Å². The number of hydrogen-bond donors (Lipinski definition) is 6. The topological polar surface area (TPSA) is 230 Å². The molecule has 0 spiro atoms. The lowest BCUT2D eigenvalue weighted by atomic mass is 10.0. The molecule has 0 saturated carbocycles. The van der Waals surface area contributed by atoms with Crippen LogP contribution in [0.5, 0.6) is 0 Å². The third-order valence-corrected chi connectivity index (χ3v) is 9.14. The molecule has 6 N–H and O–H groups in total. The Morgan fingerprint density at radius 1 is 0.695 bits per heavy atom. The minimum atomic E-state index is -1.16. The summed E-state index contributed by atoms with van der Waals surface area (Å²) in [6.07, 6.45) is 0.177. The Labute approximate surface area is 345 Å². The quantitative estimate of drug-likeness (QED) is 0.112. The van der Waals surface area contributed by atoms with Crippen molar-refractivity contribution in [3.8, 4) is 0 Å². The van der Waals surface area contributed by atoms with Gasteiger partial charge in [0.15, 0.2) is 0 Å². The van der Waals surface area contributed by atoms with E-state index < -0.39 is 96.9 Å². The molecule has 1 fully saturated rings. The summed E-state index contributed by atoms with van der Waals surface area (Å²) in [7, 11) is 0. The molecule has 0 bridgehead atoms. The van der Waals surface area contributed by atoms with Gasteiger partial charge < -0.3 is 46.3 Å². The van der Waals surface area contributed by atoms with E-state index in [2.05, 4.69) is 31.9 Å². The monoisotopic (exact) mass is 821 g/mol. The van der Waals surface area contributed by atoms with E-state index in [9.17, 15) is 38.4 Å². The number of rotatable bonds is 19. The van der Waals surface area contributed by atoms with Crippen LogP contribution in [0.2, 0.25) is 0 Å². The van der Waals surface area contributed by atoms with Gasteiger partial charge >= 0.3 is 12.1 Å². The number of ether oxygens (including phenoxy) is 2. The summed E-state index contributed by atoms with van der Waals surface area (Å²) >= 11 is 0. The van der Waals surface area contributed by atoms with E-state index in [0.717, 1.165) is 5.56 Å². The average molecular weight is 822 g/mol. The first kappa shape index (κ1) is 47.4. The van der Waals surface area contributed by atoms with Gasteiger partial charge in [-0.15, -0.1) is 0 Å². The van der Waals surface area contributed by atoms with Gasteiger partial charge in [0.25, 0.3) is 0 Å². The molecule has 3 rings (SSSR count). The van der Waals surface area contributed by atoms with Crippen LogP contribution in [-0.2, 0) is 56.1 Å². The fourth-order valence-electron chi connectivity index (χ4n) is 6.13. The van der Waals surface area contributed by atoms with E-state index in [4.69, 9.17) is 9.47 Å². The molecule has 1 aliphatic heterocycles. The van der Waals surface area contributed by atoms with Crippen LogP contribution in [0.1, 0.15) is 72.4 Å². The molecule has 2 aromatic rings. The first-order valence-electron chi connectivity index (χ1n) is 19.8. The molecule has 1 heterocycles. The average Bonchev–Trinajstić information content (AvgIpc) is 3.68. The molecular weight excluding hydrogens is 763 g/mol. The van der Waals surface area contributed by atoms with Crippen molar-refractivity contribution < 1.29 is 47.8 Å². The van der Waals surface area contributed by atoms with Gasteiger partial charge in [-0.3, -0.25) is 33.6 Å². The zero-order valence-corrected chi connectivity index (χ0v) is 34.9. The summed E-state index contributed by atoms with van der Waals surface area (Å²) < 4.78 is 10.5. The lowest BCUT2D eigenvalue weighted by Crippen LogP contribution is -2.57. The zero-order chi connectivity index (χ0) is 43.7. The summed E-state index contributed by atoms with van der Waals surface area (Å²) in [6, 6.07) is 13.9. The smallest absolute Gasteiger partial charge is 0.408 e. The minimum absolute atomic E-state index is 0.0399. The van der Waals surface area contributed by atoms with Crippen molar-refractivity contribution in [2.75, 3.05) is 26.2 Å². The summed E-state index contributed by atoms with van der Waals surface area (Å²) in [5.41, 5.74) is 0.717. The highest BCUT2D eigenvalue weighted by molar-refractivity contribution is 5.95. The van der Waals surface area contributed by atoms with Gasteiger partial charge in [0.05, 0.1) is 13.1 Å². The lowest BCUT2D eigenvalue weighted by Gasteiger charge is -2.31. The third-order valence-electron chi connectivity index (χ3n) is 9.14. The van der Waals surface area contributed by atoms with Crippen molar-refractivity contribution in [2.24, 2.45) is 11.8 Å². The number of alkyl carbamates (subject to hydrolysis) is 1. The minimum Gasteiger partial charge on any atom is -0.460 e. The second-order valence-electron chi connectivity index (χ2n) is 16.0. The van der Waals surface area contributed by atoms with Crippen molar-refractivity contribution in [1.29, 1.82) is 0 Å². The normalized spacial score (nSPS) is 15.3. The number of likely N-dealkylation sites (tertiary alicyclic amines) is 1. The number of nitrogens with zero attached hydrogens (tertiary/aromatic N) is 1. The fraction of sp³-hybridized carbons (Fsp3) is 0.524. The van der Waals surface area contributed by atoms with Gasteiger partial charge in [-0.2, -0.15) is 0 Å². The second-order valence-corrected chi connectivity index (χ2v) is 16.0. The first-order valence-corrected chi connectivity index (χ1v) is 19.8. The highest BCUT2D eigenvalue weighted by Gasteiger charge is 2.39. The maximum Gasteiger partial charge on any atom is 0.408 e. The number of amides is 7. The Morgan fingerprint density at radius 2 is 1.25 bits per heavy atom. The van der Waals surface area contributed by atoms with Crippen LogP contribution in [0.3, 0.4) is 0 Å². The van der Waals surface area contributed by atoms with Crippen LogP contribution in [0.4, 0.5) is 4.79 Å². The van der Waals surface area contributed by atoms with Gasteiger partial charge in [0, 0.05) is 13.0 Å². The molecule has 4 atom stereocenters. The summed E-state index contributed by atoms with van der Waals surface area (Å²) in [6.45, 7) is 10.9. The van der Waals surface area contributed by atoms with Gasteiger partial charge in [-0.25, -0.2) is 4.79 Å². The number of esters is 1. The van der Waals surface area contributed by atoms with Crippen molar-refractivity contribution in [3.63, 3.8) is 0 Å². The van der Waals surface area contributed by atoms with Crippen molar-refractivity contribution in [1.82, 2.24) is 36.8 Å². The lowest BCUT2D eigenvalue weighted by molar-refractivity contribution is -0.145. The summed E-state index contributed by atoms with van der Waals surface area (Å²) in [4.78, 5) is 105. The number of carbonyl (C=O) groups is 8. The predicted molar refractivity (Wildman–Crippen MR) is 217 cm³/mol. The largest absolute Gasteiger partial charge is 0.460 e. The van der Waals surface area contributed by atoms with Gasteiger partial charge in [0.1, 0.15) is 42.9 Å². The molecule has 1 saturated heterocycles. The highest BCUT2D eigenvalue weighted by atomic mass is 16.6. The number of nitrogens with one attached hydrogen (secondary N) is 6. The Bertz CT molecular complexity index is 1770. The first-order chi connectivity index (χ1) is 27.8. The van der Waals surface area contributed by atoms with E-state index >= 15 is 0 Å². The van der Waals surface area contributed by atoms with Crippen molar-refractivity contribution in [2.45, 2.75) is 104 Å². The maximum absolute atomic E-state index is 13.6. The van der Waals surface area contributed by atoms with E-state index in [1.165, 1.54) is 4.90 Å². The van der Waals surface area contributed by atoms with Crippen molar-refractivity contribution >= 4 is 47.5 Å². The maximum atomic E-state index is 13.6. The number of hydrogen-bond acceptors (Lipinski definition) is 10. The molecule has 2 aromatic carbocycles. The highest BCUT2D eigenvalue weighted by Crippen LogP contribution is 2.21. The van der Waals surface area contributed by atoms with E-state index in [1.54, 1.807) is 90.9 Å². The molecule has 0 aliphatic carbocycles. The van der Waals surface area contributed by atoms with Crippen LogP contribution in [0, 0.1) is 11.8 Å². The number of benzene rings is 2. The summed E-state index contributed by atoms with van der Waals surface area (Å²) in [5, 5.41) is 15.4. The number of carbonyl (C=O) groups excluding carboxylic acids is 8. The SMILES string of the molecule is CC(C)[C@H](NC(=O)CNC(=O)[C@H](Cc1ccccc1)NC(=O)CNC(=O)[C@@H]1CCCN1C(=O)[C@@H](NC(=O)OC(C)(C)C)C(C)C)C(=O)NCC(=O)OCc1ccccc1. The van der Waals surface area contributed by atoms with Crippen LogP contribution in [-0.4, -0.2) is 108 Å². The molecule has 322 valence electrons. The van der Waals surface area contributed by atoms with Gasteiger partial charge in [-0.05, 0) is 56.6 Å². The molecule has 59 heavy (non-hydrogen) atoms. The van der Waals surface area contributed by atoms with E-state index in [0.29, 0.717) is 18.4 Å². The molecule has 0 radical (unpaired) electrons. The Kier molecular flexibility index (Phi) is 18.3. The van der Waals surface area contributed by atoms with Crippen LogP contribution >= 0.6 is 0 Å². The zero-order valence-electron chi connectivity index (χ0n) is 34.9. The Balaban J connectivity index is 1.55. The molecule has 17 heteroatoms. The van der Waals surface area contributed by atoms with Crippen LogP contribution in [0.15, 0.2) is 60.7 Å². The molecular formula is C42H59N7O10. The molecule has 7 amide bonds. The van der Waals surface area contributed by atoms with Crippen LogP contribution in [0.25, 0.3) is 0 Å². The molecule has 1 aliphatic rings. The summed E-state index contributed by atoms with van der Waals surface area (Å²) in [5.74, 6) is -5.06. The van der Waals surface area contributed by atoms with Gasteiger partial charge in [0.2, 0.25) is 35.4 Å². The standard InChI is InChI=1S/C42H59N7O10/c1-26(2)35(39(55)45-24-34(52)58-25-29-17-12-9-13-18-29)47-33(51)23-43-37(53)30(21-28-15-10-8-11-16-28)46-32(50)22-44-38(54)31-19-14-20-49(31)40(56)36(27(3)4)48-41(57)59-42(5,6)7/h8-13,15-18,26-27,30-31,35-36H,14,19-25H2,1-7H3,(H,43,53)(H,44,54)(H,45,55)(H,46,50)(H,47,51)(H,48,57)/t30-,31-,35-,36-/m0/s1. The van der Waals surface area contributed by atoms with E-state index in [-0.39, 0.29) is 31.4 Å². The predicted octanol–water partition coefficient (Wildman–Crippen LogP) is 1.49. The third kappa shape index (κ3) is 16.4. The Morgan fingerprint density at radius 3 is 1.85 bits per heavy atom. The molecule has 17 nitrogen and oxygen atoms in total. The fourth-order valence-corrected chi connectivity index (χ4v) is 6.13.